The molecule has 3 saturated carbocycles. The second-order valence-electron chi connectivity index (χ2n) is 19.3. The van der Waals surface area contributed by atoms with Crippen LogP contribution in [0.1, 0.15) is 125 Å². The van der Waals surface area contributed by atoms with Gasteiger partial charge in [-0.05, 0) is 99.3 Å². The van der Waals surface area contributed by atoms with E-state index in [9.17, 15) is 19.2 Å². The molecule has 0 spiro atoms. The molecule has 2 bridgehead atoms. The summed E-state index contributed by atoms with van der Waals surface area (Å²) in [6, 6.07) is 16.3. The number of aromatic amines is 2. The third-order valence-corrected chi connectivity index (χ3v) is 15.3. The second-order valence-corrected chi connectivity index (χ2v) is 19.3. The van der Waals surface area contributed by atoms with Gasteiger partial charge in [-0.25, -0.2) is 19.6 Å². The average molecular weight is 873 g/mol. The number of alkyl carbamates (subject to hydrolysis) is 1. The molecule has 3 aliphatic carbocycles. The molecule has 5 amide bonds. The predicted molar refractivity (Wildman–Crippen MR) is 242 cm³/mol. The van der Waals surface area contributed by atoms with Crippen LogP contribution in [0.25, 0.3) is 11.3 Å². The van der Waals surface area contributed by atoms with Crippen molar-refractivity contribution in [2.75, 3.05) is 53.4 Å². The average Bonchev–Trinajstić information content (AvgIpc) is 4.18. The van der Waals surface area contributed by atoms with Crippen molar-refractivity contribution in [3.63, 3.8) is 0 Å². The van der Waals surface area contributed by atoms with Gasteiger partial charge in [0.15, 0.2) is 0 Å². The van der Waals surface area contributed by atoms with E-state index in [0.29, 0.717) is 31.7 Å². The van der Waals surface area contributed by atoms with Gasteiger partial charge in [0.25, 0.3) is 5.91 Å². The van der Waals surface area contributed by atoms with Gasteiger partial charge in [0.1, 0.15) is 23.7 Å². The molecule has 6 fully saturated rings. The second kappa shape index (κ2) is 18.1. The Morgan fingerprint density at radius 3 is 1.94 bits per heavy atom. The molecule has 15 heteroatoms. The highest BCUT2D eigenvalue weighted by molar-refractivity contribution is 5.88. The zero-order valence-electron chi connectivity index (χ0n) is 37.8. The fourth-order valence-electron chi connectivity index (χ4n) is 11.3. The predicted octanol–water partition coefficient (Wildman–Crippen LogP) is 6.75. The molecule has 0 radical (unpaired) electrons. The van der Waals surface area contributed by atoms with Crippen molar-refractivity contribution in [1.82, 2.24) is 50.2 Å². The van der Waals surface area contributed by atoms with Gasteiger partial charge in [0.05, 0.1) is 31.1 Å². The zero-order chi connectivity index (χ0) is 44.6. The summed E-state index contributed by atoms with van der Waals surface area (Å²) in [5, 5.41) is 5.84. The lowest BCUT2D eigenvalue weighted by molar-refractivity contribution is -0.135. The lowest BCUT2D eigenvalue weighted by Gasteiger charge is -2.53. The standard InChI is InChI=1S/C49H64N10O5/c1-32(2)40(54-46(62)57-28-26-56(3)27-29-57)44(60)58-24-9-13-38(58)43-51-31-39(53-43)49-21-18-48(19-22-49,20-23-49)35-16-14-33(15-17-35)36-30-50-42(52-36)37-12-8-25-59(37)45(61)41(55-47(63)64-4)34-10-6-5-7-11-34/h5-7,10-11,14-17,30-32,37-38,40-41H,8-9,12-13,18-29H2,1-4H3,(H,50,52)(H,51,53)(H,54,62)(H,55,63)/t37-,38-,40-,41+,48?,49?/m0/s1. The molecule has 4 N–H and O–H groups in total. The number of nitrogens with zero attached hydrogens (tertiary/aromatic N) is 6. The van der Waals surface area contributed by atoms with Crippen LogP contribution in [0.4, 0.5) is 9.59 Å². The Bertz CT molecular complexity index is 2280. The topological polar surface area (TPSA) is 172 Å². The Balaban J connectivity index is 0.831. The number of likely N-dealkylation sites (tertiary alicyclic amines) is 2. The number of hydrogen-bond donors (Lipinski definition) is 4. The van der Waals surface area contributed by atoms with Crippen LogP contribution in [0.2, 0.25) is 0 Å². The Hall–Kier alpha value is -5.70. The maximum atomic E-state index is 14.1. The van der Waals surface area contributed by atoms with Gasteiger partial charge in [-0.3, -0.25) is 9.59 Å². The number of fused-ring (bicyclic) bond motifs is 3. The number of methoxy groups -OCH3 is 1. The number of ether oxygens (including phenoxy) is 1. The molecule has 6 aliphatic rings. The number of carbonyl (C=O) groups excluding carboxylic acids is 4. The molecule has 64 heavy (non-hydrogen) atoms. The van der Waals surface area contributed by atoms with Crippen molar-refractivity contribution in [3.8, 4) is 11.3 Å². The third kappa shape index (κ3) is 8.38. The van der Waals surface area contributed by atoms with Crippen molar-refractivity contribution in [2.24, 2.45) is 5.92 Å². The summed E-state index contributed by atoms with van der Waals surface area (Å²) in [5.41, 5.74) is 5.41. The summed E-state index contributed by atoms with van der Waals surface area (Å²) in [5.74, 6) is 1.35. The Morgan fingerprint density at radius 2 is 1.31 bits per heavy atom. The summed E-state index contributed by atoms with van der Waals surface area (Å²) in [7, 11) is 3.36. The van der Waals surface area contributed by atoms with Crippen molar-refractivity contribution >= 4 is 23.9 Å². The van der Waals surface area contributed by atoms with Gasteiger partial charge in [0.2, 0.25) is 5.91 Å². The van der Waals surface area contributed by atoms with Gasteiger partial charge >= 0.3 is 12.1 Å². The third-order valence-electron chi connectivity index (χ3n) is 15.3. The molecule has 3 saturated heterocycles. The van der Waals surface area contributed by atoms with E-state index in [2.05, 4.69) is 56.8 Å². The minimum Gasteiger partial charge on any atom is -0.453 e. The minimum atomic E-state index is -0.866. The quantitative estimate of drug-likeness (QED) is 0.128. The van der Waals surface area contributed by atoms with Crippen LogP contribution in [0, 0.1) is 5.92 Å². The number of hydrogen-bond acceptors (Lipinski definition) is 8. The van der Waals surface area contributed by atoms with Crippen LogP contribution in [-0.2, 0) is 25.2 Å². The lowest BCUT2D eigenvalue weighted by atomic mass is 9.51. The van der Waals surface area contributed by atoms with Crippen LogP contribution in [0.3, 0.4) is 0 Å². The van der Waals surface area contributed by atoms with Crippen molar-refractivity contribution in [2.45, 2.75) is 113 Å². The molecule has 5 heterocycles. The first-order chi connectivity index (χ1) is 31.0. The van der Waals surface area contributed by atoms with Gasteiger partial charge in [-0.2, -0.15) is 0 Å². The van der Waals surface area contributed by atoms with E-state index in [1.165, 1.54) is 18.4 Å². The number of urea groups is 1. The number of H-pyrrole nitrogens is 2. The molecule has 340 valence electrons. The number of nitrogens with one attached hydrogen (secondary N) is 4. The van der Waals surface area contributed by atoms with Gasteiger partial charge in [-0.1, -0.05) is 68.4 Å². The summed E-state index contributed by atoms with van der Waals surface area (Å²) in [6.45, 7) is 8.23. The first-order valence-electron chi connectivity index (χ1n) is 23.4. The normalized spacial score (nSPS) is 25.7. The van der Waals surface area contributed by atoms with Crippen LogP contribution in [-0.4, -0.2) is 123 Å². The van der Waals surface area contributed by atoms with Crippen LogP contribution >= 0.6 is 0 Å². The number of imidazole rings is 2. The van der Waals surface area contributed by atoms with E-state index in [1.54, 1.807) is 0 Å². The summed E-state index contributed by atoms with van der Waals surface area (Å²) in [6.07, 6.45) is 13.2. The SMILES string of the molecule is COC(=O)N[C@@H](C(=O)N1CCC[C@H]1c1ncc(-c2ccc(C34CCC(c5cnc([C@@H]6CCCN6C(=O)[C@@H](NC(=O)N6CCN(C)CC6)C(C)C)[nH]5)(CC3)CC4)cc2)[nH]1)c1ccccc1. The largest absolute Gasteiger partial charge is 0.453 e. The highest BCUT2D eigenvalue weighted by Gasteiger charge is 2.51. The number of piperazine rings is 1. The monoisotopic (exact) mass is 873 g/mol. The molecular formula is C49H64N10O5. The van der Waals surface area contributed by atoms with Gasteiger partial charge in [-0.15, -0.1) is 0 Å². The van der Waals surface area contributed by atoms with E-state index in [0.717, 1.165) is 100 Å². The summed E-state index contributed by atoms with van der Waals surface area (Å²) >= 11 is 0. The van der Waals surface area contributed by atoms with E-state index in [4.69, 9.17) is 14.7 Å². The van der Waals surface area contributed by atoms with Crippen LogP contribution in [0.15, 0.2) is 67.0 Å². The van der Waals surface area contributed by atoms with E-state index in [1.807, 2.05) is 71.3 Å². The first kappa shape index (κ1) is 43.5. The number of benzene rings is 2. The summed E-state index contributed by atoms with van der Waals surface area (Å²) < 4.78 is 4.86. The molecule has 2 aromatic carbocycles. The maximum absolute atomic E-state index is 14.1. The van der Waals surface area contributed by atoms with Crippen LogP contribution in [0.5, 0.6) is 0 Å². The van der Waals surface area contributed by atoms with Crippen molar-refractivity contribution in [1.29, 1.82) is 0 Å². The van der Waals surface area contributed by atoms with E-state index in [-0.39, 0.29) is 46.7 Å². The van der Waals surface area contributed by atoms with E-state index < -0.39 is 18.2 Å². The minimum absolute atomic E-state index is 0.0220. The molecule has 0 unspecified atom stereocenters. The van der Waals surface area contributed by atoms with Gasteiger partial charge < -0.3 is 44.9 Å². The summed E-state index contributed by atoms with van der Waals surface area (Å²) in [4.78, 5) is 78.5. The first-order valence-corrected chi connectivity index (χ1v) is 23.4. The smallest absolute Gasteiger partial charge is 0.407 e. The lowest BCUT2D eigenvalue weighted by Crippen LogP contribution is -2.57. The van der Waals surface area contributed by atoms with Crippen molar-refractivity contribution in [3.05, 3.63) is 95.5 Å². The molecule has 2 aromatic heterocycles. The molecule has 10 rings (SSSR count). The number of aromatic nitrogens is 4. The molecule has 3 aliphatic heterocycles. The Morgan fingerprint density at radius 1 is 0.719 bits per heavy atom. The molecular weight excluding hydrogens is 809 g/mol. The maximum Gasteiger partial charge on any atom is 0.407 e. The Kier molecular flexibility index (Phi) is 12.3. The molecule has 4 atom stereocenters. The number of rotatable bonds is 11. The molecule has 15 nitrogen and oxygen atoms in total. The molecule has 4 aromatic rings. The number of amides is 5. The zero-order valence-corrected chi connectivity index (χ0v) is 37.8. The fourth-order valence-corrected chi connectivity index (χ4v) is 11.3. The van der Waals surface area contributed by atoms with Crippen LogP contribution < -0.4 is 10.6 Å². The van der Waals surface area contributed by atoms with E-state index >= 15 is 0 Å². The highest BCUT2D eigenvalue weighted by atomic mass is 16.5. The Labute approximate surface area is 376 Å². The number of likely N-dealkylation sites (N-methyl/N-ethyl adjacent to an activating group) is 1. The fraction of sp³-hybridized carbons (Fsp3) is 0.551. The van der Waals surface area contributed by atoms with Crippen molar-refractivity contribution < 1.29 is 23.9 Å². The van der Waals surface area contributed by atoms with Gasteiger partial charge in [0, 0.05) is 56.6 Å². The highest BCUT2D eigenvalue weighted by Crippen LogP contribution is 2.58. The number of carbonyl (C=O) groups is 4.